The van der Waals surface area contributed by atoms with Crippen LogP contribution in [0.2, 0.25) is 0 Å². The number of ether oxygens (including phenoxy) is 2. The van der Waals surface area contributed by atoms with E-state index in [1.807, 2.05) is 30.3 Å². The summed E-state index contributed by atoms with van der Waals surface area (Å²) in [5.41, 5.74) is 0.825. The van der Waals surface area contributed by atoms with Crippen LogP contribution in [0.3, 0.4) is 0 Å². The molecule has 24 heavy (non-hydrogen) atoms. The zero-order valence-corrected chi connectivity index (χ0v) is 13.5. The highest BCUT2D eigenvalue weighted by atomic mass is 19.3. The van der Waals surface area contributed by atoms with Crippen LogP contribution in [0.25, 0.3) is 0 Å². The van der Waals surface area contributed by atoms with Gasteiger partial charge in [0.1, 0.15) is 18.8 Å². The van der Waals surface area contributed by atoms with Gasteiger partial charge in [-0.05, 0) is 25.3 Å². The Bertz CT molecular complexity index is 555. The number of alkyl halides is 2. The molecule has 0 saturated heterocycles. The van der Waals surface area contributed by atoms with Crippen molar-refractivity contribution in [3.05, 3.63) is 35.9 Å². The third kappa shape index (κ3) is 5.79. The van der Waals surface area contributed by atoms with Gasteiger partial charge < -0.3 is 14.8 Å². The first-order chi connectivity index (χ1) is 11.4. The number of alkyl carbamates (subject to hydrolysis) is 1. The van der Waals surface area contributed by atoms with Gasteiger partial charge in [0.15, 0.2) is 0 Å². The van der Waals surface area contributed by atoms with Crippen molar-refractivity contribution in [1.82, 2.24) is 5.32 Å². The highest BCUT2D eigenvalue weighted by Gasteiger charge is 2.36. The smallest absolute Gasteiger partial charge is 0.408 e. The average molecular weight is 341 g/mol. The third-order valence-electron chi connectivity index (χ3n) is 3.85. The number of esters is 1. The van der Waals surface area contributed by atoms with E-state index in [2.05, 4.69) is 5.32 Å². The molecule has 1 fully saturated rings. The van der Waals surface area contributed by atoms with E-state index in [1.54, 1.807) is 0 Å². The molecule has 1 amide bonds. The first-order valence-electron chi connectivity index (χ1n) is 7.91. The predicted octanol–water partition coefficient (Wildman–Crippen LogP) is 3.42. The Morgan fingerprint density at radius 3 is 2.50 bits per heavy atom. The molecule has 0 aromatic heterocycles. The fraction of sp³-hybridized carbons (Fsp3) is 0.529. The van der Waals surface area contributed by atoms with Crippen LogP contribution in [-0.2, 0) is 20.9 Å². The number of amides is 1. The topological polar surface area (TPSA) is 64.6 Å². The summed E-state index contributed by atoms with van der Waals surface area (Å²) < 4.78 is 36.3. The van der Waals surface area contributed by atoms with E-state index in [4.69, 9.17) is 9.47 Å². The van der Waals surface area contributed by atoms with Gasteiger partial charge >= 0.3 is 12.1 Å². The molecule has 0 heterocycles. The maximum atomic E-state index is 13.1. The number of hydrogen-bond donors (Lipinski definition) is 1. The van der Waals surface area contributed by atoms with Crippen LogP contribution in [0.4, 0.5) is 13.6 Å². The second kappa shape index (κ2) is 8.08. The Morgan fingerprint density at radius 2 is 1.88 bits per heavy atom. The van der Waals surface area contributed by atoms with Gasteiger partial charge in [-0.2, -0.15) is 0 Å². The molecule has 1 saturated carbocycles. The summed E-state index contributed by atoms with van der Waals surface area (Å²) in [5.74, 6) is -3.32. The van der Waals surface area contributed by atoms with Crippen LogP contribution in [-0.4, -0.2) is 30.1 Å². The second-order valence-electron chi connectivity index (χ2n) is 5.92. The van der Waals surface area contributed by atoms with E-state index in [-0.39, 0.29) is 32.3 Å². The normalized spacial score (nSPS) is 18.5. The number of carbonyl (C=O) groups is 2. The van der Waals surface area contributed by atoms with Crippen molar-refractivity contribution in [2.45, 2.75) is 57.3 Å². The summed E-state index contributed by atoms with van der Waals surface area (Å²) in [6.07, 6.45) is -1.58. The predicted molar refractivity (Wildman–Crippen MR) is 82.5 cm³/mol. The van der Waals surface area contributed by atoms with Gasteiger partial charge in [-0.3, -0.25) is 0 Å². The Hall–Kier alpha value is -2.18. The lowest BCUT2D eigenvalue weighted by Crippen LogP contribution is -2.42. The summed E-state index contributed by atoms with van der Waals surface area (Å²) in [5, 5.41) is 2.37. The maximum absolute atomic E-state index is 13.1. The first kappa shape index (κ1) is 18.2. The molecule has 1 atom stereocenters. The molecular weight excluding hydrogens is 320 g/mol. The molecule has 5 nitrogen and oxygen atoms in total. The van der Waals surface area contributed by atoms with E-state index in [1.165, 1.54) is 6.92 Å². The van der Waals surface area contributed by atoms with Gasteiger partial charge in [0, 0.05) is 12.8 Å². The molecular formula is C17H21F2NO4. The first-order valence-corrected chi connectivity index (χ1v) is 7.91. The van der Waals surface area contributed by atoms with Crippen molar-refractivity contribution in [1.29, 1.82) is 0 Å². The fourth-order valence-electron chi connectivity index (χ4n) is 2.40. The monoisotopic (exact) mass is 341 g/mol. The molecule has 0 aliphatic heterocycles. The molecule has 0 radical (unpaired) electrons. The third-order valence-corrected chi connectivity index (χ3v) is 3.85. The van der Waals surface area contributed by atoms with E-state index in [9.17, 15) is 18.4 Å². The summed E-state index contributed by atoms with van der Waals surface area (Å²) in [6, 6.07) is 8.21. The zero-order chi connectivity index (χ0) is 17.6. The number of carbonyl (C=O) groups excluding carboxylic acids is 2. The zero-order valence-electron chi connectivity index (χ0n) is 13.5. The minimum atomic E-state index is -2.67. The molecule has 132 valence electrons. The van der Waals surface area contributed by atoms with Gasteiger partial charge in [-0.15, -0.1) is 0 Å². The van der Waals surface area contributed by atoms with Crippen LogP contribution in [0.15, 0.2) is 30.3 Å². The average Bonchev–Trinajstić information content (AvgIpc) is 2.56. The highest BCUT2D eigenvalue weighted by Crippen LogP contribution is 2.34. The molecule has 1 aromatic rings. The molecule has 1 aliphatic carbocycles. The highest BCUT2D eigenvalue weighted by molar-refractivity contribution is 5.81. The van der Waals surface area contributed by atoms with Gasteiger partial charge in [-0.25, -0.2) is 18.4 Å². The number of nitrogens with one attached hydrogen (secondary N) is 1. The number of hydrogen-bond acceptors (Lipinski definition) is 4. The summed E-state index contributed by atoms with van der Waals surface area (Å²) in [6.45, 7) is 1.55. The molecule has 7 heteroatoms. The van der Waals surface area contributed by atoms with Gasteiger partial charge in [0.05, 0.1) is 0 Å². The van der Waals surface area contributed by atoms with Crippen LogP contribution in [0, 0.1) is 0 Å². The minimum absolute atomic E-state index is 0.0894. The van der Waals surface area contributed by atoms with E-state index >= 15 is 0 Å². The van der Waals surface area contributed by atoms with Gasteiger partial charge in [-0.1, -0.05) is 30.3 Å². The number of benzene rings is 1. The standard InChI is InChI=1S/C17H21F2NO4/c1-12(15(21)24-14-7-9-17(18,19)10-8-14)20-16(22)23-11-13-5-3-2-4-6-13/h2-6,12,14H,7-11H2,1H3,(H,20,22)/t12-/m0/s1. The van der Waals surface area contributed by atoms with Crippen molar-refractivity contribution < 1.29 is 27.8 Å². The Balaban J connectivity index is 1.70. The summed E-state index contributed by atoms with van der Waals surface area (Å²) >= 11 is 0. The van der Waals surface area contributed by atoms with E-state index in [0.717, 1.165) is 5.56 Å². The quantitative estimate of drug-likeness (QED) is 0.834. The fourth-order valence-corrected chi connectivity index (χ4v) is 2.40. The van der Waals surface area contributed by atoms with Crippen molar-refractivity contribution in [3.63, 3.8) is 0 Å². The Labute approximate surface area is 139 Å². The Morgan fingerprint density at radius 1 is 1.25 bits per heavy atom. The van der Waals surface area contributed by atoms with Crippen molar-refractivity contribution >= 4 is 12.1 Å². The molecule has 0 bridgehead atoms. The lowest BCUT2D eigenvalue weighted by molar-refractivity contribution is -0.157. The molecule has 1 N–H and O–H groups in total. The number of halogens is 2. The van der Waals surface area contributed by atoms with Crippen LogP contribution < -0.4 is 5.32 Å². The van der Waals surface area contributed by atoms with Crippen LogP contribution >= 0.6 is 0 Å². The molecule has 1 aromatic carbocycles. The van der Waals surface area contributed by atoms with Crippen molar-refractivity contribution in [3.8, 4) is 0 Å². The molecule has 0 spiro atoms. The molecule has 0 unspecified atom stereocenters. The number of rotatable bonds is 5. The van der Waals surface area contributed by atoms with Crippen molar-refractivity contribution in [2.24, 2.45) is 0 Å². The van der Waals surface area contributed by atoms with Crippen LogP contribution in [0.5, 0.6) is 0 Å². The lowest BCUT2D eigenvalue weighted by atomic mass is 9.94. The van der Waals surface area contributed by atoms with E-state index in [0.29, 0.717) is 0 Å². The van der Waals surface area contributed by atoms with E-state index < -0.39 is 30.1 Å². The van der Waals surface area contributed by atoms with Gasteiger partial charge in [0.25, 0.3) is 0 Å². The van der Waals surface area contributed by atoms with Gasteiger partial charge in [0.2, 0.25) is 5.92 Å². The molecule has 2 rings (SSSR count). The summed E-state index contributed by atoms with van der Waals surface area (Å²) in [7, 11) is 0. The maximum Gasteiger partial charge on any atom is 0.408 e. The summed E-state index contributed by atoms with van der Waals surface area (Å²) in [4.78, 5) is 23.6. The second-order valence-corrected chi connectivity index (χ2v) is 5.92. The SMILES string of the molecule is C[C@H](NC(=O)OCc1ccccc1)C(=O)OC1CCC(F)(F)CC1. The Kier molecular flexibility index (Phi) is 6.11. The largest absolute Gasteiger partial charge is 0.461 e. The van der Waals surface area contributed by atoms with Crippen molar-refractivity contribution in [2.75, 3.05) is 0 Å². The van der Waals surface area contributed by atoms with Crippen LogP contribution in [0.1, 0.15) is 38.2 Å². The molecule has 1 aliphatic rings. The minimum Gasteiger partial charge on any atom is -0.461 e. The lowest BCUT2D eigenvalue weighted by Gasteiger charge is -2.28.